The molecule has 1 nitrogen and oxygen atoms in total. The number of unbranched alkanes of at least 4 members (excludes halogenated alkanes) is 3. The first kappa shape index (κ1) is 16.6. The summed E-state index contributed by atoms with van der Waals surface area (Å²) in [4.78, 5) is 0. The molecule has 108 valence electrons. The van der Waals surface area contributed by atoms with E-state index in [1.165, 1.54) is 38.5 Å². The van der Waals surface area contributed by atoms with Gasteiger partial charge in [0.15, 0.2) is 0 Å². The molecule has 1 aromatic rings. The van der Waals surface area contributed by atoms with Crippen molar-refractivity contribution in [1.29, 1.82) is 0 Å². The number of hydrogen-bond acceptors (Lipinski definition) is 1. The molecule has 0 amide bonds. The fraction of sp³-hybridized carbons (Fsp3) is 0.647. The van der Waals surface area contributed by atoms with Gasteiger partial charge in [-0.3, -0.25) is 0 Å². The van der Waals surface area contributed by atoms with E-state index in [0.717, 1.165) is 29.2 Å². The average molecular weight is 327 g/mol. The van der Waals surface area contributed by atoms with Crippen molar-refractivity contribution in [2.45, 2.75) is 58.8 Å². The number of rotatable bonds is 10. The highest BCUT2D eigenvalue weighted by atomic mass is 79.9. The van der Waals surface area contributed by atoms with Crippen LogP contribution >= 0.6 is 15.9 Å². The molecule has 0 fully saturated rings. The standard InChI is InChI=1S/C17H27BrO/c1-3-4-8-15(2)9-6-5-7-14-19-17-12-10-16(18)11-13-17/h10-13,15H,3-9,14H2,1-2H3. The Bertz CT molecular complexity index is 321. The topological polar surface area (TPSA) is 9.23 Å². The monoisotopic (exact) mass is 326 g/mol. The van der Waals surface area contributed by atoms with Gasteiger partial charge in [0.25, 0.3) is 0 Å². The zero-order chi connectivity index (χ0) is 13.9. The van der Waals surface area contributed by atoms with E-state index >= 15 is 0 Å². The van der Waals surface area contributed by atoms with Crippen molar-refractivity contribution in [3.8, 4) is 5.75 Å². The number of ether oxygens (including phenoxy) is 1. The van der Waals surface area contributed by atoms with Gasteiger partial charge in [0.2, 0.25) is 0 Å². The maximum atomic E-state index is 5.71. The van der Waals surface area contributed by atoms with Crippen LogP contribution in [0.4, 0.5) is 0 Å². The van der Waals surface area contributed by atoms with Crippen molar-refractivity contribution in [2.75, 3.05) is 6.61 Å². The summed E-state index contributed by atoms with van der Waals surface area (Å²) in [5, 5.41) is 0. The van der Waals surface area contributed by atoms with Crippen LogP contribution in [0.2, 0.25) is 0 Å². The maximum absolute atomic E-state index is 5.71. The van der Waals surface area contributed by atoms with Gasteiger partial charge in [-0.2, -0.15) is 0 Å². The lowest BCUT2D eigenvalue weighted by Gasteiger charge is -2.10. The minimum absolute atomic E-state index is 0.838. The predicted molar refractivity (Wildman–Crippen MR) is 86.8 cm³/mol. The molecule has 1 atom stereocenters. The summed E-state index contributed by atoms with van der Waals surface area (Å²) < 4.78 is 6.81. The number of hydrogen-bond donors (Lipinski definition) is 0. The Morgan fingerprint density at radius 2 is 1.68 bits per heavy atom. The van der Waals surface area contributed by atoms with Crippen LogP contribution in [0.1, 0.15) is 58.8 Å². The molecule has 0 saturated carbocycles. The zero-order valence-electron chi connectivity index (χ0n) is 12.3. The number of halogens is 1. The van der Waals surface area contributed by atoms with Gasteiger partial charge in [-0.1, -0.05) is 68.3 Å². The Balaban J connectivity index is 1.98. The molecule has 0 heterocycles. The molecule has 0 aliphatic heterocycles. The summed E-state index contributed by atoms with van der Waals surface area (Å²) in [5.41, 5.74) is 0. The van der Waals surface area contributed by atoms with Gasteiger partial charge < -0.3 is 4.74 Å². The van der Waals surface area contributed by atoms with Crippen LogP contribution < -0.4 is 4.74 Å². The molecular formula is C17H27BrO. The van der Waals surface area contributed by atoms with Crippen molar-refractivity contribution in [1.82, 2.24) is 0 Å². The van der Waals surface area contributed by atoms with Crippen molar-refractivity contribution >= 4 is 15.9 Å². The fourth-order valence-corrected chi connectivity index (χ4v) is 2.45. The van der Waals surface area contributed by atoms with Gasteiger partial charge in [0, 0.05) is 4.47 Å². The van der Waals surface area contributed by atoms with Gasteiger partial charge in [0.05, 0.1) is 6.61 Å². The molecule has 0 aliphatic carbocycles. The Kier molecular flexibility index (Phi) is 8.98. The van der Waals surface area contributed by atoms with Crippen molar-refractivity contribution in [3.05, 3.63) is 28.7 Å². The Hall–Kier alpha value is -0.500. The minimum atomic E-state index is 0.838. The molecule has 0 saturated heterocycles. The van der Waals surface area contributed by atoms with Crippen LogP contribution in [0.5, 0.6) is 5.75 Å². The third-order valence-electron chi connectivity index (χ3n) is 3.47. The lowest BCUT2D eigenvalue weighted by atomic mass is 9.98. The van der Waals surface area contributed by atoms with E-state index in [1.807, 2.05) is 24.3 Å². The first-order valence-corrected chi connectivity index (χ1v) is 8.40. The molecule has 0 N–H and O–H groups in total. The quantitative estimate of drug-likeness (QED) is 0.464. The second kappa shape index (κ2) is 10.3. The SMILES string of the molecule is CCCCC(C)CCCCCOc1ccc(Br)cc1. The highest BCUT2D eigenvalue weighted by molar-refractivity contribution is 9.10. The van der Waals surface area contributed by atoms with E-state index in [1.54, 1.807) is 0 Å². The second-order valence-corrected chi connectivity index (χ2v) is 6.31. The molecule has 19 heavy (non-hydrogen) atoms. The zero-order valence-corrected chi connectivity index (χ0v) is 13.9. The molecular weight excluding hydrogens is 300 g/mol. The summed E-state index contributed by atoms with van der Waals surface area (Å²) in [5.74, 6) is 1.87. The normalized spacial score (nSPS) is 12.4. The summed E-state index contributed by atoms with van der Waals surface area (Å²) in [6.45, 7) is 5.49. The van der Waals surface area contributed by atoms with Crippen LogP contribution in [0.25, 0.3) is 0 Å². The van der Waals surface area contributed by atoms with Crippen molar-refractivity contribution in [2.24, 2.45) is 5.92 Å². The highest BCUT2D eigenvalue weighted by Crippen LogP contribution is 2.18. The van der Waals surface area contributed by atoms with Crippen molar-refractivity contribution < 1.29 is 4.74 Å². The van der Waals surface area contributed by atoms with Gasteiger partial charge in [-0.15, -0.1) is 0 Å². The second-order valence-electron chi connectivity index (χ2n) is 5.40. The molecule has 1 unspecified atom stereocenters. The van der Waals surface area contributed by atoms with E-state index in [9.17, 15) is 0 Å². The largest absolute Gasteiger partial charge is 0.494 e. The van der Waals surface area contributed by atoms with Crippen LogP contribution in [0.15, 0.2) is 28.7 Å². The first-order chi connectivity index (χ1) is 9.22. The fourth-order valence-electron chi connectivity index (χ4n) is 2.19. The molecule has 0 bridgehead atoms. The average Bonchev–Trinajstić information content (AvgIpc) is 2.42. The highest BCUT2D eigenvalue weighted by Gasteiger charge is 2.01. The third-order valence-corrected chi connectivity index (χ3v) is 4.00. The number of benzene rings is 1. The lowest BCUT2D eigenvalue weighted by molar-refractivity contribution is 0.301. The van der Waals surface area contributed by atoms with E-state index < -0.39 is 0 Å². The van der Waals surface area contributed by atoms with Crippen LogP contribution in [-0.4, -0.2) is 6.61 Å². The molecule has 1 aromatic carbocycles. The summed E-state index contributed by atoms with van der Waals surface area (Å²) in [7, 11) is 0. The smallest absolute Gasteiger partial charge is 0.119 e. The van der Waals surface area contributed by atoms with Crippen molar-refractivity contribution in [3.63, 3.8) is 0 Å². The predicted octanol–water partition coefficient (Wildman–Crippen LogP) is 6.21. The van der Waals surface area contributed by atoms with Gasteiger partial charge in [0.1, 0.15) is 5.75 Å². The first-order valence-electron chi connectivity index (χ1n) is 7.60. The molecule has 0 aliphatic rings. The van der Waals surface area contributed by atoms with E-state index in [-0.39, 0.29) is 0 Å². The van der Waals surface area contributed by atoms with Gasteiger partial charge in [-0.25, -0.2) is 0 Å². The summed E-state index contributed by atoms with van der Waals surface area (Å²) in [6.07, 6.45) is 9.27. The molecule has 0 radical (unpaired) electrons. The minimum Gasteiger partial charge on any atom is -0.494 e. The Labute approximate surface area is 126 Å². The van der Waals surface area contributed by atoms with Crippen LogP contribution in [-0.2, 0) is 0 Å². The van der Waals surface area contributed by atoms with E-state index in [0.29, 0.717) is 0 Å². The van der Waals surface area contributed by atoms with Gasteiger partial charge >= 0.3 is 0 Å². The Morgan fingerprint density at radius 3 is 2.37 bits per heavy atom. The van der Waals surface area contributed by atoms with Crippen LogP contribution in [0.3, 0.4) is 0 Å². The van der Waals surface area contributed by atoms with E-state index in [2.05, 4.69) is 29.8 Å². The molecule has 2 heteroatoms. The third kappa shape index (κ3) is 8.30. The summed E-state index contributed by atoms with van der Waals surface area (Å²) in [6, 6.07) is 8.06. The summed E-state index contributed by atoms with van der Waals surface area (Å²) >= 11 is 3.42. The molecule has 1 rings (SSSR count). The van der Waals surface area contributed by atoms with Gasteiger partial charge in [-0.05, 0) is 36.6 Å². The Morgan fingerprint density at radius 1 is 1.00 bits per heavy atom. The lowest BCUT2D eigenvalue weighted by Crippen LogP contribution is -1.99. The maximum Gasteiger partial charge on any atom is 0.119 e. The molecule has 0 aromatic heterocycles. The molecule has 0 spiro atoms. The van der Waals surface area contributed by atoms with E-state index in [4.69, 9.17) is 4.74 Å². The van der Waals surface area contributed by atoms with Crippen LogP contribution in [0, 0.1) is 5.92 Å².